The first-order valence-electron chi connectivity index (χ1n) is 6.53. The molecule has 0 radical (unpaired) electrons. The molecule has 1 amide bonds. The van der Waals surface area contributed by atoms with Crippen LogP contribution in [0.3, 0.4) is 0 Å². The summed E-state index contributed by atoms with van der Waals surface area (Å²) < 4.78 is 26.3. The molecule has 8 heteroatoms. The van der Waals surface area contributed by atoms with Crippen molar-refractivity contribution < 1.29 is 13.2 Å². The lowest BCUT2D eigenvalue weighted by molar-refractivity contribution is 0.0963. The molecule has 0 saturated carbocycles. The fraction of sp³-hybridized carbons (Fsp3) is 0.462. The number of amides is 1. The average Bonchev–Trinajstić information content (AvgIpc) is 2.46. The van der Waals surface area contributed by atoms with E-state index in [0.29, 0.717) is 18.7 Å². The minimum absolute atomic E-state index is 0. The number of carbonyl (C=O) groups is 1. The van der Waals surface area contributed by atoms with Crippen molar-refractivity contribution in [3.8, 4) is 0 Å². The summed E-state index contributed by atoms with van der Waals surface area (Å²) in [5.41, 5.74) is 6.25. The molecule has 0 bridgehead atoms. The third kappa shape index (κ3) is 3.94. The van der Waals surface area contributed by atoms with Gasteiger partial charge in [-0.2, -0.15) is 4.31 Å². The Morgan fingerprint density at radius 3 is 2.48 bits per heavy atom. The van der Waals surface area contributed by atoms with Gasteiger partial charge in [0, 0.05) is 31.7 Å². The van der Waals surface area contributed by atoms with Crippen molar-refractivity contribution in [1.29, 1.82) is 0 Å². The van der Waals surface area contributed by atoms with Gasteiger partial charge in [-0.1, -0.05) is 0 Å². The number of piperidine rings is 1. The van der Waals surface area contributed by atoms with E-state index in [1.54, 1.807) is 0 Å². The third-order valence-corrected chi connectivity index (χ3v) is 5.28. The van der Waals surface area contributed by atoms with Crippen LogP contribution in [0, 0.1) is 0 Å². The lowest BCUT2D eigenvalue weighted by atomic mass is 10.1. The fourth-order valence-corrected chi connectivity index (χ4v) is 3.80. The highest BCUT2D eigenvalue weighted by molar-refractivity contribution is 7.89. The van der Waals surface area contributed by atoms with Crippen LogP contribution in [-0.2, 0) is 10.0 Å². The van der Waals surface area contributed by atoms with Gasteiger partial charge in [0.1, 0.15) is 0 Å². The van der Waals surface area contributed by atoms with Crippen LogP contribution in [0.1, 0.15) is 23.2 Å². The van der Waals surface area contributed by atoms with Gasteiger partial charge in [-0.3, -0.25) is 4.79 Å². The minimum atomic E-state index is -3.52. The molecule has 1 saturated heterocycles. The molecule has 1 aliphatic rings. The Balaban J connectivity index is 0.00000220. The molecule has 1 fully saturated rings. The molecule has 3 N–H and O–H groups in total. The largest absolute Gasteiger partial charge is 0.355 e. The number of sulfonamides is 1. The molecule has 1 aliphatic heterocycles. The van der Waals surface area contributed by atoms with E-state index in [0.717, 1.165) is 12.8 Å². The highest BCUT2D eigenvalue weighted by Gasteiger charge is 2.28. The van der Waals surface area contributed by atoms with Gasteiger partial charge >= 0.3 is 0 Å². The molecule has 0 aliphatic carbocycles. The monoisotopic (exact) mass is 333 g/mol. The van der Waals surface area contributed by atoms with Gasteiger partial charge < -0.3 is 11.1 Å². The van der Waals surface area contributed by atoms with Crippen molar-refractivity contribution in [3.05, 3.63) is 29.8 Å². The standard InChI is InChI=1S/C13H19N3O3S.ClH/c1-15-13(17)10-4-6-12(7-5-10)20(18,19)16-8-2-3-11(14)9-16;/h4-7,11H,2-3,8-9,14H2,1H3,(H,15,17);1H. The first-order valence-corrected chi connectivity index (χ1v) is 7.97. The molecule has 6 nitrogen and oxygen atoms in total. The van der Waals surface area contributed by atoms with E-state index in [-0.39, 0.29) is 29.3 Å². The topological polar surface area (TPSA) is 92.5 Å². The van der Waals surface area contributed by atoms with Crippen molar-refractivity contribution in [2.24, 2.45) is 5.73 Å². The summed E-state index contributed by atoms with van der Waals surface area (Å²) in [6, 6.07) is 5.83. The molecule has 118 valence electrons. The van der Waals surface area contributed by atoms with Gasteiger partial charge in [0.05, 0.1) is 4.90 Å². The second-order valence-electron chi connectivity index (χ2n) is 4.87. The van der Waals surface area contributed by atoms with Crippen LogP contribution >= 0.6 is 12.4 Å². The number of benzene rings is 1. The van der Waals surface area contributed by atoms with Crippen LogP contribution in [-0.4, -0.2) is 44.8 Å². The zero-order valence-electron chi connectivity index (χ0n) is 11.8. The normalized spacial score (nSPS) is 19.6. The Morgan fingerprint density at radius 2 is 1.95 bits per heavy atom. The molecule has 0 aromatic heterocycles. The first-order chi connectivity index (χ1) is 9.45. The van der Waals surface area contributed by atoms with Crippen LogP contribution in [0.4, 0.5) is 0 Å². The van der Waals surface area contributed by atoms with Gasteiger partial charge in [0.25, 0.3) is 5.91 Å². The number of halogens is 1. The van der Waals surface area contributed by atoms with Crippen molar-refractivity contribution in [1.82, 2.24) is 9.62 Å². The predicted octanol–water partition coefficient (Wildman–Crippen LogP) is 0.580. The average molecular weight is 334 g/mol. The second kappa shape index (κ2) is 7.22. The summed E-state index contributed by atoms with van der Waals surface area (Å²) in [5.74, 6) is -0.242. The number of hydrogen-bond acceptors (Lipinski definition) is 4. The summed E-state index contributed by atoms with van der Waals surface area (Å²) in [5, 5.41) is 2.49. The zero-order valence-corrected chi connectivity index (χ0v) is 13.4. The molecular formula is C13H20ClN3O3S. The van der Waals surface area contributed by atoms with Gasteiger partial charge in [0.2, 0.25) is 10.0 Å². The maximum atomic E-state index is 12.5. The number of carbonyl (C=O) groups excluding carboxylic acids is 1. The zero-order chi connectivity index (χ0) is 14.8. The number of nitrogens with two attached hydrogens (primary N) is 1. The lowest BCUT2D eigenvalue weighted by Gasteiger charge is -2.29. The van der Waals surface area contributed by atoms with E-state index in [4.69, 9.17) is 5.73 Å². The maximum absolute atomic E-state index is 12.5. The van der Waals surface area contributed by atoms with Crippen LogP contribution in [0.2, 0.25) is 0 Å². The first kappa shape index (κ1) is 17.9. The van der Waals surface area contributed by atoms with Crippen LogP contribution in [0.15, 0.2) is 29.2 Å². The van der Waals surface area contributed by atoms with Crippen LogP contribution < -0.4 is 11.1 Å². The van der Waals surface area contributed by atoms with Crippen molar-refractivity contribution in [2.75, 3.05) is 20.1 Å². The highest BCUT2D eigenvalue weighted by atomic mass is 35.5. The summed E-state index contributed by atoms with van der Waals surface area (Å²) in [6.07, 6.45) is 1.62. The van der Waals surface area contributed by atoms with Gasteiger partial charge in [-0.15, -0.1) is 12.4 Å². The van der Waals surface area contributed by atoms with E-state index >= 15 is 0 Å². The number of nitrogens with one attached hydrogen (secondary N) is 1. The van der Waals surface area contributed by atoms with Gasteiger partial charge in [-0.05, 0) is 37.1 Å². The third-order valence-electron chi connectivity index (χ3n) is 3.40. The van der Waals surface area contributed by atoms with E-state index in [1.807, 2.05) is 0 Å². The molecule has 1 atom stereocenters. The SMILES string of the molecule is CNC(=O)c1ccc(S(=O)(=O)N2CCCC(N)C2)cc1.Cl. The minimum Gasteiger partial charge on any atom is -0.355 e. The summed E-state index contributed by atoms with van der Waals surface area (Å²) >= 11 is 0. The van der Waals surface area contributed by atoms with E-state index in [2.05, 4.69) is 5.32 Å². The van der Waals surface area contributed by atoms with Crippen molar-refractivity contribution in [2.45, 2.75) is 23.8 Å². The Hall–Kier alpha value is -1.15. The Bertz CT molecular complexity index is 589. The molecule has 1 aromatic rings. The predicted molar refractivity (Wildman–Crippen MR) is 83.0 cm³/mol. The van der Waals surface area contributed by atoms with Crippen LogP contribution in [0.25, 0.3) is 0 Å². The maximum Gasteiger partial charge on any atom is 0.251 e. The number of hydrogen-bond donors (Lipinski definition) is 2. The molecule has 2 rings (SSSR count). The van der Waals surface area contributed by atoms with Crippen molar-refractivity contribution in [3.63, 3.8) is 0 Å². The smallest absolute Gasteiger partial charge is 0.251 e. The van der Waals surface area contributed by atoms with Crippen molar-refractivity contribution >= 4 is 28.3 Å². The number of rotatable bonds is 3. The fourth-order valence-electron chi connectivity index (χ4n) is 2.26. The molecule has 21 heavy (non-hydrogen) atoms. The van der Waals surface area contributed by atoms with E-state index in [9.17, 15) is 13.2 Å². The molecular weight excluding hydrogens is 314 g/mol. The Kier molecular flexibility index (Phi) is 6.15. The second-order valence-corrected chi connectivity index (χ2v) is 6.81. The molecule has 1 aromatic carbocycles. The summed E-state index contributed by atoms with van der Waals surface area (Å²) in [4.78, 5) is 11.6. The number of nitrogens with zero attached hydrogens (tertiary/aromatic N) is 1. The van der Waals surface area contributed by atoms with Gasteiger partial charge in [0.15, 0.2) is 0 Å². The summed E-state index contributed by atoms with van der Waals surface area (Å²) in [6.45, 7) is 0.840. The van der Waals surface area contributed by atoms with Crippen LogP contribution in [0.5, 0.6) is 0 Å². The van der Waals surface area contributed by atoms with E-state index < -0.39 is 10.0 Å². The lowest BCUT2D eigenvalue weighted by Crippen LogP contribution is -2.45. The van der Waals surface area contributed by atoms with Gasteiger partial charge in [-0.25, -0.2) is 8.42 Å². The Morgan fingerprint density at radius 1 is 1.33 bits per heavy atom. The summed E-state index contributed by atoms with van der Waals surface area (Å²) in [7, 11) is -1.99. The molecule has 1 heterocycles. The molecule has 1 unspecified atom stereocenters. The van der Waals surface area contributed by atoms with E-state index in [1.165, 1.54) is 35.6 Å². The molecule has 0 spiro atoms. The highest BCUT2D eigenvalue weighted by Crippen LogP contribution is 2.20. The Labute approximate surface area is 131 Å². The quantitative estimate of drug-likeness (QED) is 0.846.